The molecule has 0 aromatic heterocycles. The third kappa shape index (κ3) is 7.03. The van der Waals surface area contributed by atoms with E-state index in [1.807, 2.05) is 6.92 Å². The number of rotatable bonds is 10. The van der Waals surface area contributed by atoms with E-state index in [0.29, 0.717) is 32.6 Å². The standard InChI is InChI=1S/C25H28Cl3FN2O2S/c1-2-23(25(33)30-16-7-3-4-8-16)31(13-17-19(26)9-5-10-20(17)27)24(32)15-34-14-18-21(28)11-6-12-22(18)29/h5-6,9-12,16,23H,2-4,7-8,13-15H2,1H3,(H,30,33). The lowest BCUT2D eigenvalue weighted by Crippen LogP contribution is -2.51. The summed E-state index contributed by atoms with van der Waals surface area (Å²) < 4.78 is 14.1. The summed E-state index contributed by atoms with van der Waals surface area (Å²) in [5.41, 5.74) is 0.946. The number of nitrogens with one attached hydrogen (secondary N) is 1. The third-order valence-electron chi connectivity index (χ3n) is 6.01. The molecule has 1 unspecified atom stereocenters. The van der Waals surface area contributed by atoms with Crippen molar-refractivity contribution in [3.8, 4) is 0 Å². The number of carbonyl (C=O) groups excluding carboxylic acids is 2. The molecule has 2 aromatic carbocycles. The average molecular weight is 546 g/mol. The maximum Gasteiger partial charge on any atom is 0.243 e. The Bertz CT molecular complexity index is 977. The Kier molecular flexibility index (Phi) is 10.4. The van der Waals surface area contributed by atoms with E-state index in [4.69, 9.17) is 34.8 Å². The molecule has 1 atom stereocenters. The zero-order valence-corrected chi connectivity index (χ0v) is 22.0. The third-order valence-corrected chi connectivity index (χ3v) is 8.02. The van der Waals surface area contributed by atoms with Crippen LogP contribution in [0.4, 0.5) is 4.39 Å². The molecule has 1 aliphatic rings. The minimum absolute atomic E-state index is 0.0555. The smallest absolute Gasteiger partial charge is 0.243 e. The molecule has 0 saturated heterocycles. The lowest BCUT2D eigenvalue weighted by atomic mass is 10.1. The van der Waals surface area contributed by atoms with Gasteiger partial charge < -0.3 is 10.2 Å². The predicted molar refractivity (Wildman–Crippen MR) is 139 cm³/mol. The molecule has 184 valence electrons. The Labute approximate surface area is 219 Å². The number of thioether (sulfide) groups is 1. The second-order valence-electron chi connectivity index (χ2n) is 8.33. The van der Waals surface area contributed by atoms with Gasteiger partial charge in [-0.2, -0.15) is 0 Å². The van der Waals surface area contributed by atoms with Crippen LogP contribution >= 0.6 is 46.6 Å². The van der Waals surface area contributed by atoms with Gasteiger partial charge in [-0.15, -0.1) is 11.8 Å². The van der Waals surface area contributed by atoms with E-state index in [9.17, 15) is 14.0 Å². The molecule has 0 spiro atoms. The molecule has 1 aliphatic carbocycles. The molecule has 34 heavy (non-hydrogen) atoms. The zero-order chi connectivity index (χ0) is 24.7. The fourth-order valence-corrected chi connectivity index (χ4v) is 5.90. The highest BCUT2D eigenvalue weighted by atomic mass is 35.5. The van der Waals surface area contributed by atoms with Gasteiger partial charge in [0.05, 0.1) is 5.75 Å². The van der Waals surface area contributed by atoms with Crippen LogP contribution in [0, 0.1) is 5.82 Å². The Morgan fingerprint density at radius 1 is 1.06 bits per heavy atom. The van der Waals surface area contributed by atoms with Gasteiger partial charge in [0.2, 0.25) is 11.8 Å². The average Bonchev–Trinajstić information content (AvgIpc) is 3.30. The molecule has 4 nitrogen and oxygen atoms in total. The van der Waals surface area contributed by atoms with Crippen LogP contribution in [0.25, 0.3) is 0 Å². The molecule has 1 saturated carbocycles. The highest BCUT2D eigenvalue weighted by Crippen LogP contribution is 2.29. The summed E-state index contributed by atoms with van der Waals surface area (Å²) in [6, 6.07) is 9.13. The fraction of sp³-hybridized carbons (Fsp3) is 0.440. The van der Waals surface area contributed by atoms with Crippen LogP contribution in [0.15, 0.2) is 36.4 Å². The van der Waals surface area contributed by atoms with Crippen molar-refractivity contribution in [2.75, 3.05) is 5.75 Å². The predicted octanol–water partition coefficient (Wildman–Crippen LogP) is 6.89. The van der Waals surface area contributed by atoms with Crippen LogP contribution in [-0.2, 0) is 21.9 Å². The largest absolute Gasteiger partial charge is 0.352 e. The number of hydrogen-bond donors (Lipinski definition) is 1. The molecule has 0 radical (unpaired) electrons. The second-order valence-corrected chi connectivity index (χ2v) is 10.5. The molecule has 0 bridgehead atoms. The molecular formula is C25H28Cl3FN2O2S. The quantitative estimate of drug-likeness (QED) is 0.354. The van der Waals surface area contributed by atoms with Crippen LogP contribution < -0.4 is 5.32 Å². The van der Waals surface area contributed by atoms with Crippen molar-refractivity contribution in [2.24, 2.45) is 0 Å². The number of nitrogens with zero attached hydrogens (tertiary/aromatic N) is 1. The minimum atomic E-state index is -0.668. The van der Waals surface area contributed by atoms with Gasteiger partial charge in [0.15, 0.2) is 0 Å². The molecule has 9 heteroatoms. The first-order valence-corrected chi connectivity index (χ1v) is 13.6. The lowest BCUT2D eigenvalue weighted by Gasteiger charge is -2.32. The number of benzene rings is 2. The normalized spacial score (nSPS) is 14.7. The van der Waals surface area contributed by atoms with Crippen molar-refractivity contribution in [1.29, 1.82) is 0 Å². The summed E-state index contributed by atoms with van der Waals surface area (Å²) in [5.74, 6) is -0.535. The van der Waals surface area contributed by atoms with Crippen molar-refractivity contribution in [3.05, 3.63) is 68.4 Å². The minimum Gasteiger partial charge on any atom is -0.352 e. The summed E-state index contributed by atoms with van der Waals surface area (Å²) in [6.45, 7) is 1.98. The molecule has 0 aliphatic heterocycles. The van der Waals surface area contributed by atoms with E-state index in [1.165, 1.54) is 22.7 Å². The van der Waals surface area contributed by atoms with E-state index < -0.39 is 11.9 Å². The van der Waals surface area contributed by atoms with Gasteiger partial charge in [0.25, 0.3) is 0 Å². The molecule has 1 N–H and O–H groups in total. The highest BCUT2D eigenvalue weighted by molar-refractivity contribution is 7.99. The van der Waals surface area contributed by atoms with Crippen molar-refractivity contribution in [2.45, 2.75) is 63.4 Å². The van der Waals surface area contributed by atoms with Gasteiger partial charge in [-0.05, 0) is 43.5 Å². The van der Waals surface area contributed by atoms with Gasteiger partial charge >= 0.3 is 0 Å². The van der Waals surface area contributed by atoms with E-state index in [2.05, 4.69) is 5.32 Å². The van der Waals surface area contributed by atoms with E-state index in [0.717, 1.165) is 25.7 Å². The first-order chi connectivity index (χ1) is 16.3. The topological polar surface area (TPSA) is 49.4 Å². The molecule has 0 heterocycles. The Balaban J connectivity index is 1.77. The highest BCUT2D eigenvalue weighted by Gasteiger charge is 2.31. The molecule has 1 fully saturated rings. The molecule has 2 amide bonds. The van der Waals surface area contributed by atoms with E-state index in [-0.39, 0.29) is 35.9 Å². The van der Waals surface area contributed by atoms with Gasteiger partial charge in [0.1, 0.15) is 11.9 Å². The van der Waals surface area contributed by atoms with Crippen molar-refractivity contribution >= 4 is 58.4 Å². The van der Waals surface area contributed by atoms with Crippen LogP contribution in [0.5, 0.6) is 0 Å². The van der Waals surface area contributed by atoms with Crippen LogP contribution in [0.3, 0.4) is 0 Å². The summed E-state index contributed by atoms with van der Waals surface area (Å²) in [7, 11) is 0. The Hall–Kier alpha value is -1.47. The molecule has 3 rings (SSSR count). The number of carbonyl (C=O) groups is 2. The van der Waals surface area contributed by atoms with Crippen LogP contribution in [0.1, 0.15) is 50.2 Å². The van der Waals surface area contributed by atoms with Crippen molar-refractivity contribution in [1.82, 2.24) is 10.2 Å². The number of hydrogen-bond acceptors (Lipinski definition) is 3. The van der Waals surface area contributed by atoms with E-state index >= 15 is 0 Å². The Morgan fingerprint density at radius 2 is 1.65 bits per heavy atom. The van der Waals surface area contributed by atoms with E-state index in [1.54, 1.807) is 30.3 Å². The first kappa shape index (κ1) is 27.1. The number of halogens is 4. The van der Waals surface area contributed by atoms with Crippen molar-refractivity contribution < 1.29 is 14.0 Å². The monoisotopic (exact) mass is 544 g/mol. The lowest BCUT2D eigenvalue weighted by molar-refractivity contribution is -0.139. The molecule has 2 aromatic rings. The van der Waals surface area contributed by atoms with Gasteiger partial charge in [0, 0.05) is 44.5 Å². The fourth-order valence-electron chi connectivity index (χ4n) is 4.13. The maximum atomic E-state index is 14.1. The summed E-state index contributed by atoms with van der Waals surface area (Å²) >= 11 is 20.1. The summed E-state index contributed by atoms with van der Waals surface area (Å²) in [5, 5.41) is 4.29. The first-order valence-electron chi connectivity index (χ1n) is 11.3. The number of amides is 2. The van der Waals surface area contributed by atoms with Gasteiger partial charge in [-0.1, -0.05) is 66.7 Å². The van der Waals surface area contributed by atoms with Crippen molar-refractivity contribution in [3.63, 3.8) is 0 Å². The summed E-state index contributed by atoms with van der Waals surface area (Å²) in [4.78, 5) is 28.1. The maximum absolute atomic E-state index is 14.1. The SMILES string of the molecule is CCC(C(=O)NC1CCCC1)N(Cc1c(Cl)cccc1Cl)C(=O)CSCc1c(F)cccc1Cl. The zero-order valence-electron chi connectivity index (χ0n) is 19.0. The van der Waals surface area contributed by atoms with Gasteiger partial charge in [-0.25, -0.2) is 4.39 Å². The Morgan fingerprint density at radius 3 is 2.24 bits per heavy atom. The second kappa shape index (κ2) is 13.0. The van der Waals surface area contributed by atoms with Gasteiger partial charge in [-0.3, -0.25) is 9.59 Å². The molecular weight excluding hydrogens is 518 g/mol. The summed E-state index contributed by atoms with van der Waals surface area (Å²) in [6.07, 6.45) is 4.53. The van der Waals surface area contributed by atoms with Crippen LogP contribution in [0.2, 0.25) is 15.1 Å². The van der Waals surface area contributed by atoms with Crippen LogP contribution in [-0.4, -0.2) is 34.6 Å².